The number of halogens is 1. The Balaban J connectivity index is 1.77. The summed E-state index contributed by atoms with van der Waals surface area (Å²) in [7, 11) is 0. The van der Waals surface area contributed by atoms with Gasteiger partial charge in [0.05, 0.1) is 27.8 Å². The average molecular weight is 286 g/mol. The van der Waals surface area contributed by atoms with Crippen LogP contribution < -0.4 is 5.32 Å². The number of carbonyl (C=O) groups is 1. The summed E-state index contributed by atoms with van der Waals surface area (Å²) in [5.74, 6) is -0.175. The molecule has 1 amide bonds. The zero-order valence-corrected chi connectivity index (χ0v) is 11.0. The number of amides is 1. The van der Waals surface area contributed by atoms with Gasteiger partial charge in [0.15, 0.2) is 0 Å². The van der Waals surface area contributed by atoms with Crippen molar-refractivity contribution in [2.24, 2.45) is 0 Å². The molecule has 0 spiro atoms. The second-order valence-corrected chi connectivity index (χ2v) is 5.44. The lowest BCUT2D eigenvalue weighted by atomic mass is 10.1. The summed E-state index contributed by atoms with van der Waals surface area (Å²) < 4.78 is 5.46. The second kappa shape index (κ2) is 6.04. The lowest BCUT2D eigenvalue weighted by Crippen LogP contribution is -2.24. The van der Waals surface area contributed by atoms with Crippen molar-refractivity contribution in [3.8, 4) is 0 Å². The van der Waals surface area contributed by atoms with Crippen molar-refractivity contribution < 1.29 is 14.3 Å². The first-order valence-corrected chi connectivity index (χ1v) is 6.60. The van der Waals surface area contributed by atoms with E-state index in [0.29, 0.717) is 27.7 Å². The number of hydrogen-bond donors (Lipinski definition) is 2. The number of thiophene rings is 1. The normalized spacial score (nSPS) is 12.3. The maximum absolute atomic E-state index is 11.7. The van der Waals surface area contributed by atoms with Gasteiger partial charge >= 0.3 is 0 Å². The van der Waals surface area contributed by atoms with Gasteiger partial charge in [-0.25, -0.2) is 0 Å². The lowest BCUT2D eigenvalue weighted by Gasteiger charge is -2.08. The van der Waals surface area contributed by atoms with Crippen LogP contribution in [-0.2, 0) is 0 Å². The highest BCUT2D eigenvalue weighted by Gasteiger charge is 2.11. The molecule has 2 rings (SSSR count). The van der Waals surface area contributed by atoms with Crippen LogP contribution in [0.1, 0.15) is 27.8 Å². The van der Waals surface area contributed by atoms with Gasteiger partial charge in [-0.2, -0.15) is 0 Å². The Morgan fingerprint density at radius 2 is 2.33 bits per heavy atom. The fourth-order valence-corrected chi connectivity index (χ4v) is 2.44. The number of aliphatic hydroxyl groups excluding tert-OH is 1. The highest BCUT2D eigenvalue weighted by molar-refractivity contribution is 7.17. The van der Waals surface area contributed by atoms with Crippen LogP contribution in [0.3, 0.4) is 0 Å². The molecule has 18 heavy (non-hydrogen) atoms. The third-order valence-electron chi connectivity index (χ3n) is 2.43. The van der Waals surface area contributed by atoms with Gasteiger partial charge in [0.2, 0.25) is 0 Å². The minimum absolute atomic E-state index is 0.175. The zero-order valence-electron chi connectivity index (χ0n) is 9.43. The van der Waals surface area contributed by atoms with E-state index in [1.165, 1.54) is 23.9 Å². The minimum Gasteiger partial charge on any atom is -0.472 e. The summed E-state index contributed by atoms with van der Waals surface area (Å²) in [5, 5.41) is 12.5. The Labute approximate surface area is 113 Å². The largest absolute Gasteiger partial charge is 0.472 e. The zero-order chi connectivity index (χ0) is 13.0. The van der Waals surface area contributed by atoms with E-state index in [9.17, 15) is 9.90 Å². The fraction of sp³-hybridized carbons (Fsp3) is 0.250. The molecular weight excluding hydrogens is 274 g/mol. The predicted octanol–water partition coefficient (Wildman–Crippen LogP) is 2.85. The first kappa shape index (κ1) is 13.1. The van der Waals surface area contributed by atoms with Gasteiger partial charge in [-0.1, -0.05) is 11.6 Å². The van der Waals surface area contributed by atoms with Gasteiger partial charge in [-0.15, -0.1) is 11.3 Å². The standard InChI is InChI=1S/C12H12ClNO3S/c13-11-2-1-10(18-11)12(16)14-5-3-9(15)8-4-6-17-7-8/h1-2,4,6-7,9,15H,3,5H2,(H,14,16)/t9-/m0/s1. The second-order valence-electron chi connectivity index (χ2n) is 3.72. The monoisotopic (exact) mass is 285 g/mol. The van der Waals surface area contributed by atoms with E-state index in [4.69, 9.17) is 16.0 Å². The van der Waals surface area contributed by atoms with Crippen molar-refractivity contribution >= 4 is 28.8 Å². The Morgan fingerprint density at radius 1 is 1.50 bits per heavy atom. The molecular formula is C12H12ClNO3S. The van der Waals surface area contributed by atoms with Gasteiger partial charge in [-0.3, -0.25) is 4.79 Å². The molecule has 0 aliphatic heterocycles. The summed E-state index contributed by atoms with van der Waals surface area (Å²) in [4.78, 5) is 12.2. The highest BCUT2D eigenvalue weighted by atomic mass is 35.5. The lowest BCUT2D eigenvalue weighted by molar-refractivity contribution is 0.0946. The predicted molar refractivity (Wildman–Crippen MR) is 69.9 cm³/mol. The quantitative estimate of drug-likeness (QED) is 0.888. The van der Waals surface area contributed by atoms with Crippen LogP contribution in [-0.4, -0.2) is 17.6 Å². The maximum atomic E-state index is 11.7. The molecule has 0 aliphatic carbocycles. The van der Waals surface area contributed by atoms with E-state index in [0.717, 1.165) is 0 Å². The third kappa shape index (κ3) is 3.35. The topological polar surface area (TPSA) is 62.5 Å². The molecule has 4 nitrogen and oxygen atoms in total. The van der Waals surface area contributed by atoms with Crippen LogP contribution in [0.4, 0.5) is 0 Å². The van der Waals surface area contributed by atoms with Crippen LogP contribution in [0.5, 0.6) is 0 Å². The first-order valence-electron chi connectivity index (χ1n) is 5.40. The van der Waals surface area contributed by atoms with E-state index in [-0.39, 0.29) is 5.91 Å². The molecule has 96 valence electrons. The average Bonchev–Trinajstić information content (AvgIpc) is 2.99. The van der Waals surface area contributed by atoms with Crippen LogP contribution in [0, 0.1) is 0 Å². The Morgan fingerprint density at radius 3 is 2.94 bits per heavy atom. The summed E-state index contributed by atoms with van der Waals surface area (Å²) >= 11 is 6.97. The summed E-state index contributed by atoms with van der Waals surface area (Å²) in [6.07, 6.45) is 2.80. The Kier molecular flexibility index (Phi) is 4.41. The van der Waals surface area contributed by atoms with Crippen molar-refractivity contribution in [1.82, 2.24) is 5.32 Å². The molecule has 0 saturated heterocycles. The van der Waals surface area contributed by atoms with E-state index in [1.807, 2.05) is 0 Å². The van der Waals surface area contributed by atoms with E-state index in [1.54, 1.807) is 18.2 Å². The molecule has 2 N–H and O–H groups in total. The molecule has 0 radical (unpaired) electrons. The van der Waals surface area contributed by atoms with Gasteiger partial charge in [-0.05, 0) is 24.6 Å². The van der Waals surface area contributed by atoms with Gasteiger partial charge in [0, 0.05) is 12.1 Å². The molecule has 0 unspecified atom stereocenters. The Hall–Kier alpha value is -1.30. The molecule has 6 heteroatoms. The summed E-state index contributed by atoms with van der Waals surface area (Å²) in [6, 6.07) is 5.06. The minimum atomic E-state index is -0.629. The van der Waals surface area contributed by atoms with Gasteiger partial charge in [0.1, 0.15) is 0 Å². The molecule has 0 bridgehead atoms. The molecule has 2 aromatic rings. The van der Waals surface area contributed by atoms with Gasteiger partial charge in [0.25, 0.3) is 5.91 Å². The number of aliphatic hydroxyl groups is 1. The maximum Gasteiger partial charge on any atom is 0.261 e. The number of furan rings is 1. The van der Waals surface area contributed by atoms with E-state index >= 15 is 0 Å². The van der Waals surface area contributed by atoms with Crippen molar-refractivity contribution in [1.29, 1.82) is 0 Å². The SMILES string of the molecule is O=C(NCC[C@H](O)c1ccoc1)c1ccc(Cl)s1. The van der Waals surface area contributed by atoms with Crippen molar-refractivity contribution in [3.05, 3.63) is 45.5 Å². The Bertz CT molecular complexity index is 509. The van der Waals surface area contributed by atoms with Crippen molar-refractivity contribution in [3.63, 3.8) is 0 Å². The first-order chi connectivity index (χ1) is 8.66. The molecule has 1 atom stereocenters. The molecule has 0 saturated carbocycles. The number of rotatable bonds is 5. The molecule has 0 aliphatic rings. The third-order valence-corrected chi connectivity index (χ3v) is 3.66. The molecule has 0 fully saturated rings. The smallest absolute Gasteiger partial charge is 0.261 e. The van der Waals surface area contributed by atoms with Crippen molar-refractivity contribution in [2.45, 2.75) is 12.5 Å². The van der Waals surface area contributed by atoms with Crippen molar-refractivity contribution in [2.75, 3.05) is 6.54 Å². The van der Waals surface area contributed by atoms with Gasteiger partial charge < -0.3 is 14.8 Å². The fourth-order valence-electron chi connectivity index (χ4n) is 1.48. The molecule has 0 aromatic carbocycles. The number of nitrogens with one attached hydrogen (secondary N) is 1. The van der Waals surface area contributed by atoms with Crippen LogP contribution in [0.2, 0.25) is 4.34 Å². The van der Waals surface area contributed by atoms with E-state index < -0.39 is 6.10 Å². The number of carbonyl (C=O) groups excluding carboxylic acids is 1. The summed E-state index contributed by atoms with van der Waals surface area (Å²) in [5.41, 5.74) is 0.711. The van der Waals surface area contributed by atoms with Crippen LogP contribution >= 0.6 is 22.9 Å². The highest BCUT2D eigenvalue weighted by Crippen LogP contribution is 2.21. The number of hydrogen-bond acceptors (Lipinski definition) is 4. The molecule has 2 heterocycles. The van der Waals surface area contributed by atoms with E-state index in [2.05, 4.69) is 5.32 Å². The van der Waals surface area contributed by atoms with Crippen LogP contribution in [0.25, 0.3) is 0 Å². The summed E-state index contributed by atoms with van der Waals surface area (Å²) in [6.45, 7) is 0.390. The van der Waals surface area contributed by atoms with Crippen LogP contribution in [0.15, 0.2) is 35.1 Å². The molecule has 2 aromatic heterocycles.